The molecule has 0 saturated carbocycles. The molecule has 36 heavy (non-hydrogen) atoms. The molecule has 0 aliphatic carbocycles. The van der Waals surface area contributed by atoms with Gasteiger partial charge in [0, 0.05) is 37.3 Å². The van der Waals surface area contributed by atoms with Crippen LogP contribution in [0.15, 0.2) is 66.7 Å². The Morgan fingerprint density at radius 1 is 0.972 bits per heavy atom. The van der Waals surface area contributed by atoms with E-state index in [0.717, 1.165) is 17.9 Å². The maximum Gasteiger partial charge on any atom is 0.411 e. The van der Waals surface area contributed by atoms with Crippen LogP contribution in [0.2, 0.25) is 0 Å². The Kier molecular flexibility index (Phi) is 7.13. The number of ether oxygens (including phenoxy) is 1. The highest BCUT2D eigenvalue weighted by molar-refractivity contribution is 7.90. The summed E-state index contributed by atoms with van der Waals surface area (Å²) < 4.78 is 70.5. The third kappa shape index (κ3) is 5.56. The zero-order valence-corrected chi connectivity index (χ0v) is 20.7. The minimum absolute atomic E-state index is 0.0589. The number of sulfone groups is 1. The molecule has 9 heteroatoms. The zero-order chi connectivity index (χ0) is 26.1. The molecular formula is C27H26F3NO4S. The van der Waals surface area contributed by atoms with Crippen LogP contribution < -0.4 is 0 Å². The van der Waals surface area contributed by atoms with Crippen molar-refractivity contribution in [1.29, 1.82) is 0 Å². The molecule has 1 fully saturated rings. The number of rotatable bonds is 7. The van der Waals surface area contributed by atoms with E-state index < -0.39 is 39.0 Å². The van der Waals surface area contributed by atoms with Gasteiger partial charge in [-0.3, -0.25) is 0 Å². The smallest absolute Gasteiger partial charge is 0.411 e. The zero-order valence-electron chi connectivity index (χ0n) is 19.9. The Bertz CT molecular complexity index is 1360. The number of carbonyl (C=O) groups excluding carboxylic acids is 1. The van der Waals surface area contributed by atoms with Crippen LogP contribution >= 0.6 is 0 Å². The normalized spacial score (nSPS) is 19.1. The summed E-state index contributed by atoms with van der Waals surface area (Å²) in [6, 6.07) is 15.5. The molecule has 0 N–H and O–H groups in total. The molecule has 0 aromatic heterocycles. The Morgan fingerprint density at radius 3 is 2.19 bits per heavy atom. The molecule has 4 rings (SSSR count). The number of amides is 1. The van der Waals surface area contributed by atoms with Gasteiger partial charge in [-0.2, -0.15) is 0 Å². The molecule has 0 radical (unpaired) electrons. The highest BCUT2D eigenvalue weighted by Crippen LogP contribution is 2.40. The Morgan fingerprint density at radius 2 is 1.61 bits per heavy atom. The minimum atomic E-state index is -3.33. The molecule has 1 aliphatic rings. The van der Waals surface area contributed by atoms with Crippen molar-refractivity contribution >= 4 is 15.9 Å². The number of carbonyl (C=O) groups is 1. The van der Waals surface area contributed by atoms with Crippen molar-refractivity contribution in [2.75, 3.05) is 18.6 Å². The molecular weight excluding hydrogens is 491 g/mol. The average Bonchev–Trinajstić information content (AvgIpc) is 2.83. The van der Waals surface area contributed by atoms with E-state index in [1.165, 1.54) is 41.3 Å². The summed E-state index contributed by atoms with van der Waals surface area (Å²) in [5.74, 6) is -1.95. The monoisotopic (exact) mass is 517 g/mol. The van der Waals surface area contributed by atoms with Crippen LogP contribution in [0, 0.1) is 17.5 Å². The predicted octanol–water partition coefficient (Wildman–Crippen LogP) is 6.00. The molecule has 1 saturated heterocycles. The summed E-state index contributed by atoms with van der Waals surface area (Å²) in [6.07, 6.45) is 0.887. The fourth-order valence-corrected chi connectivity index (χ4v) is 5.19. The Hall–Kier alpha value is -3.33. The van der Waals surface area contributed by atoms with Gasteiger partial charge in [0.15, 0.2) is 0 Å². The van der Waals surface area contributed by atoms with E-state index in [9.17, 15) is 26.4 Å². The van der Waals surface area contributed by atoms with Gasteiger partial charge in [0.2, 0.25) is 0 Å². The van der Waals surface area contributed by atoms with Crippen molar-refractivity contribution in [3.8, 4) is 11.1 Å². The van der Waals surface area contributed by atoms with Gasteiger partial charge in [0.25, 0.3) is 0 Å². The van der Waals surface area contributed by atoms with E-state index in [2.05, 4.69) is 0 Å². The van der Waals surface area contributed by atoms with Crippen LogP contribution in [0.1, 0.15) is 36.9 Å². The molecule has 1 heterocycles. The lowest BCUT2D eigenvalue weighted by Crippen LogP contribution is -2.49. The van der Waals surface area contributed by atoms with Crippen molar-refractivity contribution in [3.63, 3.8) is 0 Å². The first-order chi connectivity index (χ1) is 17.0. The van der Waals surface area contributed by atoms with Crippen molar-refractivity contribution < 1.29 is 31.1 Å². The van der Waals surface area contributed by atoms with Gasteiger partial charge < -0.3 is 9.64 Å². The second-order valence-electron chi connectivity index (χ2n) is 9.11. The minimum Gasteiger partial charge on any atom is -0.438 e. The maximum absolute atomic E-state index is 14.1. The number of halogens is 3. The standard InChI is InChI=1S/C27H26F3NO4S/c1-18(19-3-5-20(6-4-19)24-12-11-23(29)17-25(24)30)31-15-13-27(35-26(31)32,14-16-36(2,33)34)21-7-9-22(28)10-8-21/h3-12,17-18H,13-16H2,1-2H3. The fourth-order valence-electron chi connectivity index (χ4n) is 4.49. The number of cyclic esters (lactones) is 1. The van der Waals surface area contributed by atoms with Gasteiger partial charge in [-0.1, -0.05) is 36.4 Å². The van der Waals surface area contributed by atoms with Crippen LogP contribution in [0.4, 0.5) is 18.0 Å². The van der Waals surface area contributed by atoms with E-state index in [1.54, 1.807) is 24.3 Å². The predicted molar refractivity (Wildman–Crippen MR) is 130 cm³/mol. The number of hydrogen-bond donors (Lipinski definition) is 0. The molecule has 2 unspecified atom stereocenters. The summed E-state index contributed by atoms with van der Waals surface area (Å²) in [5, 5.41) is 0. The number of benzene rings is 3. The molecule has 190 valence electrons. The van der Waals surface area contributed by atoms with Crippen molar-refractivity contribution in [1.82, 2.24) is 4.90 Å². The maximum atomic E-state index is 14.1. The van der Waals surface area contributed by atoms with Gasteiger partial charge in [-0.15, -0.1) is 0 Å². The first kappa shape index (κ1) is 25.8. The van der Waals surface area contributed by atoms with Crippen molar-refractivity contribution in [2.45, 2.75) is 31.4 Å². The number of hydrogen-bond acceptors (Lipinski definition) is 4. The topological polar surface area (TPSA) is 63.7 Å². The Labute approximate surface area is 208 Å². The SMILES string of the molecule is CC(c1ccc(-c2ccc(F)cc2F)cc1)N1CCC(CCS(C)(=O)=O)(c2ccc(F)cc2)OC1=O. The lowest BCUT2D eigenvalue weighted by molar-refractivity contribution is -0.0623. The van der Waals surface area contributed by atoms with Gasteiger partial charge >= 0.3 is 6.09 Å². The summed E-state index contributed by atoms with van der Waals surface area (Å²) in [5.41, 5.74) is 0.972. The lowest BCUT2D eigenvalue weighted by atomic mass is 9.86. The van der Waals surface area contributed by atoms with Gasteiger partial charge in [-0.05, 0) is 47.9 Å². The highest BCUT2D eigenvalue weighted by Gasteiger charge is 2.44. The van der Waals surface area contributed by atoms with Gasteiger partial charge in [0.1, 0.15) is 32.9 Å². The van der Waals surface area contributed by atoms with E-state index in [4.69, 9.17) is 4.74 Å². The second kappa shape index (κ2) is 9.97. The summed E-state index contributed by atoms with van der Waals surface area (Å²) in [4.78, 5) is 14.7. The van der Waals surface area contributed by atoms with Crippen molar-refractivity contribution in [2.24, 2.45) is 0 Å². The average molecular weight is 518 g/mol. The molecule has 3 aromatic carbocycles. The number of nitrogens with zero attached hydrogens (tertiary/aromatic N) is 1. The van der Waals surface area contributed by atoms with E-state index in [0.29, 0.717) is 17.5 Å². The Balaban J connectivity index is 1.54. The quantitative estimate of drug-likeness (QED) is 0.385. The first-order valence-electron chi connectivity index (χ1n) is 11.5. The van der Waals surface area contributed by atoms with Crippen LogP contribution in [0.25, 0.3) is 11.1 Å². The first-order valence-corrected chi connectivity index (χ1v) is 13.5. The summed E-state index contributed by atoms with van der Waals surface area (Å²) >= 11 is 0. The van der Waals surface area contributed by atoms with E-state index >= 15 is 0 Å². The highest BCUT2D eigenvalue weighted by atomic mass is 32.2. The molecule has 0 spiro atoms. The third-order valence-electron chi connectivity index (χ3n) is 6.62. The van der Waals surface area contributed by atoms with Gasteiger partial charge in [-0.25, -0.2) is 26.4 Å². The largest absolute Gasteiger partial charge is 0.438 e. The third-order valence-corrected chi connectivity index (χ3v) is 7.57. The molecule has 1 amide bonds. The molecule has 5 nitrogen and oxygen atoms in total. The lowest BCUT2D eigenvalue weighted by Gasteiger charge is -2.43. The molecule has 2 atom stereocenters. The summed E-state index contributed by atoms with van der Waals surface area (Å²) in [7, 11) is -3.33. The van der Waals surface area contributed by atoms with Crippen LogP contribution in [0.3, 0.4) is 0 Å². The van der Waals surface area contributed by atoms with Gasteiger partial charge in [0.05, 0.1) is 11.8 Å². The molecule has 0 bridgehead atoms. The molecule has 3 aromatic rings. The van der Waals surface area contributed by atoms with Crippen LogP contribution in [-0.4, -0.2) is 38.0 Å². The van der Waals surface area contributed by atoms with E-state index in [1.807, 2.05) is 6.92 Å². The van der Waals surface area contributed by atoms with Crippen molar-refractivity contribution in [3.05, 3.63) is 95.3 Å². The van der Waals surface area contributed by atoms with Crippen LogP contribution in [-0.2, 0) is 20.2 Å². The second-order valence-corrected chi connectivity index (χ2v) is 11.4. The summed E-state index contributed by atoms with van der Waals surface area (Å²) in [6.45, 7) is 2.12. The fraction of sp³-hybridized carbons (Fsp3) is 0.296. The molecule has 1 aliphatic heterocycles. The van der Waals surface area contributed by atoms with Crippen LogP contribution in [0.5, 0.6) is 0 Å². The van der Waals surface area contributed by atoms with E-state index in [-0.39, 0.29) is 30.3 Å².